The quantitative estimate of drug-likeness (QED) is 0.716. The second kappa shape index (κ2) is 7.64. The summed E-state index contributed by atoms with van der Waals surface area (Å²) in [6.07, 6.45) is 5.14. The van der Waals surface area contributed by atoms with Gasteiger partial charge in [-0.1, -0.05) is 6.92 Å². The predicted octanol–water partition coefficient (Wildman–Crippen LogP) is 1.41. The number of carbonyl (C=O) groups is 2. The molecule has 0 aromatic carbocycles. The van der Waals surface area contributed by atoms with Crippen LogP contribution in [0, 0.1) is 5.92 Å². The largest absolute Gasteiger partial charge is 0.481 e. The van der Waals surface area contributed by atoms with Crippen molar-refractivity contribution >= 4 is 12.0 Å². The van der Waals surface area contributed by atoms with Gasteiger partial charge in [-0.25, -0.2) is 4.79 Å². The lowest BCUT2D eigenvalue weighted by Crippen LogP contribution is -2.49. The van der Waals surface area contributed by atoms with E-state index in [0.29, 0.717) is 12.8 Å². The van der Waals surface area contributed by atoms with Crippen LogP contribution in [0.1, 0.15) is 45.4 Å². The van der Waals surface area contributed by atoms with E-state index in [0.717, 1.165) is 38.9 Å². The van der Waals surface area contributed by atoms with Crippen LogP contribution in [0.25, 0.3) is 0 Å². The molecule has 1 aliphatic heterocycles. The number of hydrogen-bond acceptors (Lipinski definition) is 3. The zero-order chi connectivity index (χ0) is 15.2. The number of hydrogen-bond donors (Lipinski definition) is 3. The number of carboxylic acids is 1. The second-order valence-corrected chi connectivity index (χ2v) is 6.28. The normalized spacial score (nSPS) is 27.5. The number of urea groups is 1. The van der Waals surface area contributed by atoms with Gasteiger partial charge in [0.15, 0.2) is 0 Å². The summed E-state index contributed by atoms with van der Waals surface area (Å²) in [5.74, 6) is -1.05. The Morgan fingerprint density at radius 3 is 2.33 bits per heavy atom. The van der Waals surface area contributed by atoms with Crippen molar-refractivity contribution in [1.29, 1.82) is 0 Å². The first-order valence-electron chi connectivity index (χ1n) is 8.10. The number of rotatable bonds is 5. The molecule has 6 nitrogen and oxygen atoms in total. The molecule has 3 N–H and O–H groups in total. The number of piperidine rings is 1. The third-order valence-corrected chi connectivity index (χ3v) is 4.58. The van der Waals surface area contributed by atoms with E-state index in [9.17, 15) is 9.59 Å². The molecule has 6 heteroatoms. The molecule has 120 valence electrons. The highest BCUT2D eigenvalue weighted by molar-refractivity contribution is 5.75. The Balaban J connectivity index is 1.65. The predicted molar refractivity (Wildman–Crippen MR) is 80.2 cm³/mol. The van der Waals surface area contributed by atoms with Crippen LogP contribution in [0.4, 0.5) is 4.79 Å². The number of likely N-dealkylation sites (tertiary alicyclic amines) is 1. The van der Waals surface area contributed by atoms with Gasteiger partial charge in [-0.3, -0.25) is 4.79 Å². The number of amides is 2. The Hall–Kier alpha value is -1.30. The van der Waals surface area contributed by atoms with Crippen molar-refractivity contribution in [2.75, 3.05) is 19.6 Å². The zero-order valence-electron chi connectivity index (χ0n) is 12.8. The molecule has 1 heterocycles. The summed E-state index contributed by atoms with van der Waals surface area (Å²) in [5.41, 5.74) is 0. The SMILES string of the molecule is CCCN1CCC(NC(=O)NC2CCC(C(=O)O)C2)CC1. The fraction of sp³-hybridized carbons (Fsp3) is 0.867. The molecule has 1 saturated heterocycles. The van der Waals surface area contributed by atoms with Gasteiger partial charge in [0.05, 0.1) is 5.92 Å². The molecule has 1 saturated carbocycles. The lowest BCUT2D eigenvalue weighted by Gasteiger charge is -2.32. The summed E-state index contributed by atoms with van der Waals surface area (Å²) >= 11 is 0. The van der Waals surface area contributed by atoms with Crippen LogP contribution in [0.5, 0.6) is 0 Å². The maximum absolute atomic E-state index is 12.0. The van der Waals surface area contributed by atoms with Gasteiger partial charge >= 0.3 is 12.0 Å². The van der Waals surface area contributed by atoms with Crippen molar-refractivity contribution in [3.63, 3.8) is 0 Å². The van der Waals surface area contributed by atoms with Gasteiger partial charge in [0.2, 0.25) is 0 Å². The van der Waals surface area contributed by atoms with Gasteiger partial charge in [0.1, 0.15) is 0 Å². The van der Waals surface area contributed by atoms with Crippen LogP contribution in [0.3, 0.4) is 0 Å². The van der Waals surface area contributed by atoms with Crippen molar-refractivity contribution in [3.8, 4) is 0 Å². The lowest BCUT2D eigenvalue weighted by atomic mass is 10.1. The molecule has 2 atom stereocenters. The minimum Gasteiger partial charge on any atom is -0.481 e. The maximum atomic E-state index is 12.0. The average molecular weight is 297 g/mol. The van der Waals surface area contributed by atoms with Crippen LogP contribution in [-0.2, 0) is 4.79 Å². The molecular formula is C15H27N3O3. The number of nitrogens with one attached hydrogen (secondary N) is 2. The summed E-state index contributed by atoms with van der Waals surface area (Å²) in [6.45, 7) is 5.41. The molecule has 0 radical (unpaired) electrons. The fourth-order valence-corrected chi connectivity index (χ4v) is 3.37. The van der Waals surface area contributed by atoms with E-state index in [-0.39, 0.29) is 24.0 Å². The van der Waals surface area contributed by atoms with E-state index >= 15 is 0 Å². The van der Waals surface area contributed by atoms with E-state index in [2.05, 4.69) is 22.5 Å². The highest BCUT2D eigenvalue weighted by Crippen LogP contribution is 2.25. The Labute approximate surface area is 126 Å². The number of carboxylic acid groups (broad SMARTS) is 1. The van der Waals surface area contributed by atoms with Crippen molar-refractivity contribution in [3.05, 3.63) is 0 Å². The Morgan fingerprint density at radius 1 is 1.10 bits per heavy atom. The average Bonchev–Trinajstić information content (AvgIpc) is 2.90. The standard InChI is InChI=1S/C15H27N3O3/c1-2-7-18-8-5-12(6-9-18)16-15(21)17-13-4-3-11(10-13)14(19)20/h11-13H,2-10H2,1H3,(H,19,20)(H2,16,17,21). The minimum atomic E-state index is -0.747. The van der Waals surface area contributed by atoms with Gasteiger partial charge in [-0.15, -0.1) is 0 Å². The third-order valence-electron chi connectivity index (χ3n) is 4.58. The molecule has 2 aliphatic rings. The Kier molecular flexibility index (Phi) is 5.85. The highest BCUT2D eigenvalue weighted by Gasteiger charge is 2.31. The van der Waals surface area contributed by atoms with Gasteiger partial charge in [-0.05, 0) is 45.1 Å². The number of carbonyl (C=O) groups excluding carboxylic acids is 1. The van der Waals surface area contributed by atoms with Gasteiger partial charge < -0.3 is 20.6 Å². The summed E-state index contributed by atoms with van der Waals surface area (Å²) in [6, 6.07) is 0.112. The van der Waals surface area contributed by atoms with E-state index in [1.54, 1.807) is 0 Å². The van der Waals surface area contributed by atoms with Gasteiger partial charge in [-0.2, -0.15) is 0 Å². The van der Waals surface area contributed by atoms with Gasteiger partial charge in [0, 0.05) is 25.2 Å². The molecule has 2 fully saturated rings. The lowest BCUT2D eigenvalue weighted by molar-refractivity contribution is -0.141. The monoisotopic (exact) mass is 297 g/mol. The molecule has 0 aromatic rings. The van der Waals surface area contributed by atoms with E-state index in [4.69, 9.17) is 5.11 Å². The summed E-state index contributed by atoms with van der Waals surface area (Å²) < 4.78 is 0. The molecular weight excluding hydrogens is 270 g/mol. The molecule has 21 heavy (non-hydrogen) atoms. The van der Waals surface area contributed by atoms with Crippen LogP contribution < -0.4 is 10.6 Å². The summed E-state index contributed by atoms with van der Waals surface area (Å²) in [4.78, 5) is 25.3. The first kappa shape index (κ1) is 16.1. The van der Waals surface area contributed by atoms with E-state index in [1.165, 1.54) is 6.42 Å². The van der Waals surface area contributed by atoms with Gasteiger partial charge in [0.25, 0.3) is 0 Å². The van der Waals surface area contributed by atoms with Crippen LogP contribution >= 0.6 is 0 Å². The maximum Gasteiger partial charge on any atom is 0.315 e. The van der Waals surface area contributed by atoms with Crippen LogP contribution in [0.15, 0.2) is 0 Å². The summed E-state index contributed by atoms with van der Waals surface area (Å²) in [5, 5.41) is 14.9. The first-order valence-corrected chi connectivity index (χ1v) is 8.10. The molecule has 0 spiro atoms. The van der Waals surface area contributed by atoms with Crippen molar-refractivity contribution in [2.45, 2.75) is 57.5 Å². The second-order valence-electron chi connectivity index (χ2n) is 6.28. The van der Waals surface area contributed by atoms with Crippen molar-refractivity contribution in [2.24, 2.45) is 5.92 Å². The summed E-state index contributed by atoms with van der Waals surface area (Å²) in [7, 11) is 0. The Morgan fingerprint density at radius 2 is 1.76 bits per heavy atom. The van der Waals surface area contributed by atoms with E-state index < -0.39 is 5.97 Å². The molecule has 1 aliphatic carbocycles. The van der Waals surface area contributed by atoms with Crippen LogP contribution in [-0.4, -0.2) is 53.7 Å². The van der Waals surface area contributed by atoms with Crippen LogP contribution in [0.2, 0.25) is 0 Å². The van der Waals surface area contributed by atoms with E-state index in [1.807, 2.05) is 0 Å². The third kappa shape index (κ3) is 4.88. The number of nitrogens with zero attached hydrogens (tertiary/aromatic N) is 1. The van der Waals surface area contributed by atoms with Crippen molar-refractivity contribution in [1.82, 2.24) is 15.5 Å². The molecule has 2 rings (SSSR count). The molecule has 2 unspecified atom stereocenters. The minimum absolute atomic E-state index is 0.00582. The van der Waals surface area contributed by atoms with Crippen molar-refractivity contribution < 1.29 is 14.7 Å². The topological polar surface area (TPSA) is 81.7 Å². The Bertz CT molecular complexity index is 367. The number of aliphatic carboxylic acids is 1. The molecule has 2 amide bonds. The smallest absolute Gasteiger partial charge is 0.315 e. The first-order chi connectivity index (χ1) is 10.1. The highest BCUT2D eigenvalue weighted by atomic mass is 16.4. The molecule has 0 bridgehead atoms. The molecule has 0 aromatic heterocycles. The zero-order valence-corrected chi connectivity index (χ0v) is 12.8. The fourth-order valence-electron chi connectivity index (χ4n) is 3.37.